The van der Waals surface area contributed by atoms with Crippen LogP contribution in [0, 0.1) is 11.8 Å². The molecule has 0 saturated heterocycles. The van der Waals surface area contributed by atoms with E-state index in [0.29, 0.717) is 6.42 Å². The van der Waals surface area contributed by atoms with E-state index >= 15 is 0 Å². The van der Waals surface area contributed by atoms with Gasteiger partial charge in [0.25, 0.3) is 0 Å². The lowest BCUT2D eigenvalue weighted by atomic mass is 9.87. The van der Waals surface area contributed by atoms with Gasteiger partial charge >= 0.3 is 5.97 Å². The highest BCUT2D eigenvalue weighted by Crippen LogP contribution is 2.29. The van der Waals surface area contributed by atoms with E-state index in [1.165, 1.54) is 7.11 Å². The predicted octanol–water partition coefficient (Wildman–Crippen LogP) is 2.29. The van der Waals surface area contributed by atoms with Crippen LogP contribution in [-0.4, -0.2) is 24.6 Å². The molecule has 0 spiro atoms. The normalized spacial score (nSPS) is 17.4. The van der Waals surface area contributed by atoms with Crippen molar-refractivity contribution in [3.63, 3.8) is 0 Å². The van der Waals surface area contributed by atoms with E-state index < -0.39 is 11.9 Å². The molecule has 1 aliphatic carbocycles. The van der Waals surface area contributed by atoms with Crippen LogP contribution in [0.4, 0.5) is 0 Å². The highest BCUT2D eigenvalue weighted by atomic mass is 16.5. The molecule has 0 heterocycles. The molecule has 1 fully saturated rings. The van der Waals surface area contributed by atoms with Crippen LogP contribution in [-0.2, 0) is 19.1 Å². The van der Waals surface area contributed by atoms with Gasteiger partial charge < -0.3 is 4.74 Å². The third kappa shape index (κ3) is 3.93. The van der Waals surface area contributed by atoms with E-state index in [2.05, 4.69) is 4.74 Å². The van der Waals surface area contributed by atoms with Crippen molar-refractivity contribution < 1.29 is 19.1 Å². The smallest absolute Gasteiger partial charge is 0.316 e. The van der Waals surface area contributed by atoms with Crippen molar-refractivity contribution in [2.75, 3.05) is 7.11 Å². The Morgan fingerprint density at radius 1 is 1.22 bits per heavy atom. The fourth-order valence-electron chi connectivity index (χ4n) is 2.55. The monoisotopic (exact) mass is 254 g/mol. The van der Waals surface area contributed by atoms with Crippen molar-refractivity contribution in [2.24, 2.45) is 11.8 Å². The van der Waals surface area contributed by atoms with Gasteiger partial charge in [-0.15, -0.1) is 0 Å². The van der Waals surface area contributed by atoms with Crippen LogP contribution in [0.15, 0.2) is 0 Å². The Hall–Kier alpha value is -1.19. The van der Waals surface area contributed by atoms with E-state index in [1.807, 2.05) is 6.92 Å². The molecule has 0 aromatic heterocycles. The lowest BCUT2D eigenvalue weighted by molar-refractivity contribution is -0.152. The van der Waals surface area contributed by atoms with Gasteiger partial charge in [0.05, 0.1) is 7.11 Å². The van der Waals surface area contributed by atoms with Crippen LogP contribution < -0.4 is 0 Å². The van der Waals surface area contributed by atoms with Gasteiger partial charge in [-0.1, -0.05) is 19.8 Å². The molecule has 0 bridgehead atoms. The first-order chi connectivity index (χ1) is 8.60. The summed E-state index contributed by atoms with van der Waals surface area (Å²) in [5.41, 5.74) is 0. The molecule has 0 amide bonds. The van der Waals surface area contributed by atoms with Crippen molar-refractivity contribution in [1.29, 1.82) is 0 Å². The molecule has 4 nitrogen and oxygen atoms in total. The van der Waals surface area contributed by atoms with Crippen molar-refractivity contribution in [3.05, 3.63) is 0 Å². The summed E-state index contributed by atoms with van der Waals surface area (Å²) in [5.74, 6) is -1.61. The zero-order valence-electron chi connectivity index (χ0n) is 11.2. The van der Waals surface area contributed by atoms with Crippen LogP contribution in [0.1, 0.15) is 51.9 Å². The highest BCUT2D eigenvalue weighted by molar-refractivity contribution is 6.03. The number of carbonyl (C=O) groups excluding carboxylic acids is 3. The molecule has 4 heteroatoms. The molecule has 1 saturated carbocycles. The summed E-state index contributed by atoms with van der Waals surface area (Å²) in [6.45, 7) is 1.91. The Morgan fingerprint density at radius 3 is 2.33 bits per heavy atom. The predicted molar refractivity (Wildman–Crippen MR) is 67.0 cm³/mol. The number of hydrogen-bond donors (Lipinski definition) is 0. The number of methoxy groups -OCH3 is 1. The minimum Gasteiger partial charge on any atom is -0.468 e. The molecule has 102 valence electrons. The summed E-state index contributed by atoms with van der Waals surface area (Å²) in [6.07, 6.45) is 4.93. The number of ketones is 2. The Morgan fingerprint density at radius 2 is 1.83 bits per heavy atom. The standard InChI is InChI=1S/C14H22O4/c1-3-6-11(15)9-12(14(17)18-2)13(16)10-7-4-5-8-10/h10,12H,3-9H2,1-2H3. The van der Waals surface area contributed by atoms with Crippen molar-refractivity contribution >= 4 is 17.5 Å². The molecule has 1 aliphatic rings. The lowest BCUT2D eigenvalue weighted by Crippen LogP contribution is -2.31. The summed E-state index contributed by atoms with van der Waals surface area (Å²) in [7, 11) is 1.27. The zero-order valence-corrected chi connectivity index (χ0v) is 11.2. The number of hydrogen-bond acceptors (Lipinski definition) is 4. The molecule has 0 aromatic rings. The largest absolute Gasteiger partial charge is 0.468 e. The van der Waals surface area contributed by atoms with Gasteiger partial charge in [-0.3, -0.25) is 14.4 Å². The maximum atomic E-state index is 12.2. The molecule has 0 aliphatic heterocycles. The van der Waals surface area contributed by atoms with E-state index in [-0.39, 0.29) is 23.9 Å². The number of Topliss-reactive ketones (excluding diaryl/α,β-unsaturated/α-hetero) is 2. The second-order valence-electron chi connectivity index (χ2n) is 4.95. The molecule has 1 rings (SSSR count). The second-order valence-corrected chi connectivity index (χ2v) is 4.95. The molecule has 1 atom stereocenters. The maximum Gasteiger partial charge on any atom is 0.316 e. The molecule has 0 N–H and O–H groups in total. The maximum absolute atomic E-state index is 12.2. The number of esters is 1. The first-order valence-electron chi connectivity index (χ1n) is 6.73. The fraction of sp³-hybridized carbons (Fsp3) is 0.786. The van der Waals surface area contributed by atoms with E-state index in [1.54, 1.807) is 0 Å². The molecule has 18 heavy (non-hydrogen) atoms. The minimum atomic E-state index is -0.878. The Balaban J connectivity index is 2.67. The average Bonchev–Trinajstić information content (AvgIpc) is 2.88. The third-order valence-electron chi connectivity index (χ3n) is 3.55. The lowest BCUT2D eigenvalue weighted by Gasteiger charge is -2.16. The van der Waals surface area contributed by atoms with Crippen LogP contribution in [0.25, 0.3) is 0 Å². The van der Waals surface area contributed by atoms with E-state index in [4.69, 9.17) is 0 Å². The summed E-state index contributed by atoms with van der Waals surface area (Å²) in [4.78, 5) is 35.5. The quantitative estimate of drug-likeness (QED) is 0.516. The van der Waals surface area contributed by atoms with Crippen molar-refractivity contribution in [3.8, 4) is 0 Å². The number of ether oxygens (including phenoxy) is 1. The van der Waals surface area contributed by atoms with Gasteiger partial charge in [-0.2, -0.15) is 0 Å². The SMILES string of the molecule is CCCC(=O)CC(C(=O)OC)C(=O)C1CCCC1. The van der Waals surface area contributed by atoms with Crippen molar-refractivity contribution in [1.82, 2.24) is 0 Å². The van der Waals surface area contributed by atoms with Gasteiger partial charge in [0.15, 0.2) is 5.78 Å². The van der Waals surface area contributed by atoms with Gasteiger partial charge in [0.2, 0.25) is 0 Å². The first kappa shape index (κ1) is 14.9. The number of rotatable bonds is 7. The first-order valence-corrected chi connectivity index (χ1v) is 6.73. The molecule has 1 unspecified atom stereocenters. The highest BCUT2D eigenvalue weighted by Gasteiger charge is 2.35. The van der Waals surface area contributed by atoms with Crippen LogP contribution in [0.2, 0.25) is 0 Å². The number of carbonyl (C=O) groups is 3. The zero-order chi connectivity index (χ0) is 13.5. The summed E-state index contributed by atoms with van der Waals surface area (Å²) >= 11 is 0. The second kappa shape index (κ2) is 7.29. The van der Waals surface area contributed by atoms with Crippen LogP contribution in [0.5, 0.6) is 0 Å². The fourth-order valence-corrected chi connectivity index (χ4v) is 2.55. The summed E-state index contributed by atoms with van der Waals surface area (Å²) < 4.78 is 4.66. The third-order valence-corrected chi connectivity index (χ3v) is 3.55. The van der Waals surface area contributed by atoms with E-state index in [0.717, 1.165) is 32.1 Å². The molecular formula is C14H22O4. The van der Waals surface area contributed by atoms with Crippen LogP contribution in [0.3, 0.4) is 0 Å². The topological polar surface area (TPSA) is 60.4 Å². The Kier molecular flexibility index (Phi) is 6.02. The van der Waals surface area contributed by atoms with Crippen molar-refractivity contribution in [2.45, 2.75) is 51.9 Å². The average molecular weight is 254 g/mol. The molecular weight excluding hydrogens is 232 g/mol. The van der Waals surface area contributed by atoms with Gasteiger partial charge in [-0.05, 0) is 19.3 Å². The van der Waals surface area contributed by atoms with Gasteiger partial charge in [-0.25, -0.2) is 0 Å². The van der Waals surface area contributed by atoms with Gasteiger partial charge in [0, 0.05) is 18.8 Å². The molecule has 0 radical (unpaired) electrons. The van der Waals surface area contributed by atoms with Crippen LogP contribution >= 0.6 is 0 Å². The Bertz CT molecular complexity index is 316. The Labute approximate surface area is 108 Å². The molecule has 0 aromatic carbocycles. The van der Waals surface area contributed by atoms with E-state index in [9.17, 15) is 14.4 Å². The summed E-state index contributed by atoms with van der Waals surface area (Å²) in [5, 5.41) is 0. The van der Waals surface area contributed by atoms with Gasteiger partial charge in [0.1, 0.15) is 11.7 Å². The summed E-state index contributed by atoms with van der Waals surface area (Å²) in [6, 6.07) is 0. The minimum absolute atomic E-state index is 0.00977.